The van der Waals surface area contributed by atoms with Gasteiger partial charge in [0.25, 0.3) is 0 Å². The minimum atomic E-state index is -0.508. The third kappa shape index (κ3) is 3.06. The van der Waals surface area contributed by atoms with Crippen LogP contribution in [0.1, 0.15) is 16.4 Å². The van der Waals surface area contributed by atoms with Crippen LogP contribution in [-0.4, -0.2) is 11.7 Å². The van der Waals surface area contributed by atoms with Crippen molar-refractivity contribution in [3.05, 3.63) is 65.5 Å². The lowest BCUT2D eigenvalue weighted by atomic mass is 10.1. The lowest BCUT2D eigenvalue weighted by Gasteiger charge is -2.09. The van der Waals surface area contributed by atoms with Gasteiger partial charge in [-0.05, 0) is 23.8 Å². The van der Waals surface area contributed by atoms with Gasteiger partial charge in [0.15, 0.2) is 5.17 Å². The van der Waals surface area contributed by atoms with Crippen LogP contribution in [0.25, 0.3) is 0 Å². The lowest BCUT2D eigenvalue weighted by Crippen LogP contribution is -2.05. The number of anilines is 1. The van der Waals surface area contributed by atoms with E-state index in [0.29, 0.717) is 17.5 Å². The Labute approximate surface area is 126 Å². The number of hydrogen-bond donors (Lipinski definition) is 1. The van der Waals surface area contributed by atoms with Crippen molar-refractivity contribution in [3.63, 3.8) is 0 Å². The summed E-state index contributed by atoms with van der Waals surface area (Å²) in [7, 11) is 0. The van der Waals surface area contributed by atoms with E-state index in [1.807, 2.05) is 24.3 Å². The van der Waals surface area contributed by atoms with Crippen LogP contribution in [0, 0.1) is 17.1 Å². The van der Waals surface area contributed by atoms with E-state index in [4.69, 9.17) is 5.26 Å². The Morgan fingerprint density at radius 1 is 1.24 bits per heavy atom. The van der Waals surface area contributed by atoms with Crippen molar-refractivity contribution < 1.29 is 4.39 Å². The Kier molecular flexibility index (Phi) is 3.89. The largest absolute Gasteiger partial charge is 0.335 e. The maximum absolute atomic E-state index is 13.3. The first-order valence-electron chi connectivity index (χ1n) is 6.49. The molecule has 0 bridgehead atoms. The van der Waals surface area contributed by atoms with Crippen molar-refractivity contribution in [2.75, 3.05) is 11.9 Å². The lowest BCUT2D eigenvalue weighted by molar-refractivity contribution is 0.624. The quantitative estimate of drug-likeness (QED) is 0.913. The van der Waals surface area contributed by atoms with Gasteiger partial charge in [-0.3, -0.25) is 4.99 Å². The van der Waals surface area contributed by atoms with Gasteiger partial charge < -0.3 is 5.32 Å². The zero-order valence-electron chi connectivity index (χ0n) is 11.1. The van der Waals surface area contributed by atoms with Crippen LogP contribution in [0.15, 0.2) is 53.5 Å². The minimum absolute atomic E-state index is 0.0307. The van der Waals surface area contributed by atoms with Crippen LogP contribution in [-0.2, 0) is 0 Å². The van der Waals surface area contributed by atoms with Crippen LogP contribution in [0.3, 0.4) is 0 Å². The van der Waals surface area contributed by atoms with E-state index in [-0.39, 0.29) is 5.56 Å². The molecule has 1 aliphatic rings. The van der Waals surface area contributed by atoms with Gasteiger partial charge in [-0.25, -0.2) is 4.39 Å². The highest BCUT2D eigenvalue weighted by Gasteiger charge is 2.21. The summed E-state index contributed by atoms with van der Waals surface area (Å²) >= 11 is 1.64. The second-order valence-corrected chi connectivity index (χ2v) is 5.79. The van der Waals surface area contributed by atoms with Crippen molar-refractivity contribution in [2.24, 2.45) is 4.99 Å². The van der Waals surface area contributed by atoms with E-state index >= 15 is 0 Å². The second-order valence-electron chi connectivity index (χ2n) is 4.59. The number of thioether (sulfide) groups is 1. The summed E-state index contributed by atoms with van der Waals surface area (Å²) in [5, 5.41) is 13.1. The van der Waals surface area contributed by atoms with Crippen LogP contribution in [0.5, 0.6) is 0 Å². The maximum Gasteiger partial charge on any atom is 0.161 e. The van der Waals surface area contributed by atoms with Crippen LogP contribution in [0.2, 0.25) is 0 Å². The zero-order chi connectivity index (χ0) is 14.7. The van der Waals surface area contributed by atoms with E-state index in [1.165, 1.54) is 17.7 Å². The first kappa shape index (κ1) is 13.7. The molecule has 0 aliphatic carbocycles. The van der Waals surface area contributed by atoms with Crippen LogP contribution < -0.4 is 5.32 Å². The van der Waals surface area contributed by atoms with Gasteiger partial charge >= 0.3 is 0 Å². The Hall–Kier alpha value is -2.32. The molecule has 0 saturated heterocycles. The Morgan fingerprint density at radius 2 is 2.05 bits per heavy atom. The number of rotatable bonds is 2. The van der Waals surface area contributed by atoms with Gasteiger partial charge in [-0.15, -0.1) is 0 Å². The average molecular weight is 297 g/mol. The molecule has 5 heteroatoms. The third-order valence-corrected chi connectivity index (χ3v) is 4.32. The standard InChI is InChI=1S/C16H12FN3S/c17-14-7-6-13(8-12(14)9-18)20-16-19-10-15(21-16)11-4-2-1-3-5-11/h1-8,15H,10H2,(H,19,20). The summed E-state index contributed by atoms with van der Waals surface area (Å²) in [6.07, 6.45) is 0. The summed E-state index contributed by atoms with van der Waals surface area (Å²) in [6, 6.07) is 16.4. The highest BCUT2D eigenvalue weighted by atomic mass is 32.2. The second kappa shape index (κ2) is 5.98. The predicted molar refractivity (Wildman–Crippen MR) is 83.8 cm³/mol. The van der Waals surface area contributed by atoms with E-state index in [9.17, 15) is 4.39 Å². The fraction of sp³-hybridized carbons (Fsp3) is 0.125. The van der Waals surface area contributed by atoms with Gasteiger partial charge in [0, 0.05) is 5.69 Å². The van der Waals surface area contributed by atoms with E-state index in [0.717, 1.165) is 5.17 Å². The average Bonchev–Trinajstić information content (AvgIpc) is 2.98. The topological polar surface area (TPSA) is 48.2 Å². The Balaban J connectivity index is 1.69. The molecule has 0 radical (unpaired) electrons. The molecule has 0 aromatic heterocycles. The van der Waals surface area contributed by atoms with E-state index < -0.39 is 5.82 Å². The molecule has 1 N–H and O–H groups in total. The molecule has 104 valence electrons. The number of nitriles is 1. The molecule has 2 aromatic rings. The molecule has 2 aromatic carbocycles. The molecule has 0 fully saturated rings. The number of benzene rings is 2. The van der Waals surface area contributed by atoms with Crippen LogP contribution >= 0.6 is 11.8 Å². The van der Waals surface area contributed by atoms with Gasteiger partial charge in [0.05, 0.1) is 17.4 Å². The molecule has 0 amide bonds. The summed E-state index contributed by atoms with van der Waals surface area (Å²) in [6.45, 7) is 0.712. The molecule has 0 spiro atoms. The number of aliphatic imine (C=N–C) groups is 1. The summed E-state index contributed by atoms with van der Waals surface area (Å²) in [5.41, 5.74) is 1.94. The number of nitrogens with zero attached hydrogens (tertiary/aromatic N) is 2. The molecule has 1 atom stereocenters. The molecule has 1 aliphatic heterocycles. The van der Waals surface area contributed by atoms with E-state index in [1.54, 1.807) is 17.8 Å². The van der Waals surface area contributed by atoms with E-state index in [2.05, 4.69) is 22.4 Å². The smallest absolute Gasteiger partial charge is 0.161 e. The highest BCUT2D eigenvalue weighted by Crippen LogP contribution is 2.35. The van der Waals surface area contributed by atoms with Crippen molar-refractivity contribution in [1.29, 1.82) is 5.26 Å². The fourth-order valence-corrected chi connectivity index (χ4v) is 3.14. The third-order valence-electron chi connectivity index (χ3n) is 3.16. The predicted octanol–water partition coefficient (Wildman–Crippen LogP) is 3.95. The fourth-order valence-electron chi connectivity index (χ4n) is 2.10. The highest BCUT2D eigenvalue weighted by molar-refractivity contribution is 8.14. The Morgan fingerprint density at radius 3 is 2.81 bits per heavy atom. The van der Waals surface area contributed by atoms with Gasteiger partial charge in [0.2, 0.25) is 0 Å². The van der Waals surface area contributed by atoms with Crippen LogP contribution in [0.4, 0.5) is 10.1 Å². The molecule has 1 unspecified atom stereocenters. The first-order valence-corrected chi connectivity index (χ1v) is 7.37. The Bertz CT molecular complexity index is 722. The van der Waals surface area contributed by atoms with Gasteiger partial charge in [-0.1, -0.05) is 42.1 Å². The zero-order valence-corrected chi connectivity index (χ0v) is 11.9. The molecule has 21 heavy (non-hydrogen) atoms. The molecular weight excluding hydrogens is 285 g/mol. The summed E-state index contributed by atoms with van der Waals surface area (Å²) in [5.74, 6) is -0.508. The minimum Gasteiger partial charge on any atom is -0.335 e. The number of amidine groups is 1. The number of halogens is 1. The normalized spacial score (nSPS) is 17.1. The molecule has 3 rings (SSSR count). The first-order chi connectivity index (χ1) is 10.3. The maximum atomic E-state index is 13.3. The van der Waals surface area contributed by atoms with Gasteiger partial charge in [-0.2, -0.15) is 5.26 Å². The van der Waals surface area contributed by atoms with Crippen molar-refractivity contribution in [1.82, 2.24) is 0 Å². The van der Waals surface area contributed by atoms with Crippen molar-refractivity contribution in [3.8, 4) is 6.07 Å². The summed E-state index contributed by atoms with van der Waals surface area (Å²) in [4.78, 5) is 4.46. The molecule has 3 nitrogen and oxygen atoms in total. The van der Waals surface area contributed by atoms with Crippen molar-refractivity contribution >= 4 is 22.6 Å². The molecule has 1 heterocycles. The SMILES string of the molecule is N#Cc1cc(NC2=NCC(c3ccccc3)S2)ccc1F. The number of nitrogens with one attached hydrogen (secondary N) is 1. The molecular formula is C16H12FN3S. The molecule has 0 saturated carbocycles. The summed E-state index contributed by atoms with van der Waals surface area (Å²) < 4.78 is 13.3. The number of hydrogen-bond acceptors (Lipinski definition) is 4. The van der Waals surface area contributed by atoms with Crippen molar-refractivity contribution in [2.45, 2.75) is 5.25 Å². The van der Waals surface area contributed by atoms with Gasteiger partial charge in [0.1, 0.15) is 11.9 Å². The monoisotopic (exact) mass is 297 g/mol.